The molecule has 160 valence electrons. The summed E-state index contributed by atoms with van der Waals surface area (Å²) in [7, 11) is 1.82. The number of aromatic nitrogens is 3. The maximum absolute atomic E-state index is 12.4. The Kier molecular flexibility index (Phi) is 10.0. The molecular formula is C18H16BrF3I2N4Pt. The number of aryl methyl sites for hydroxylation is 1. The maximum atomic E-state index is 12.4. The SMILES string of the molecule is Brc1ccc(CN(I)I)cc1.Cn1[nH]c(Cc2ccc(C(F)(F)F)cc2)n[c]1=[Pt]. The van der Waals surface area contributed by atoms with Crippen LogP contribution in [0.1, 0.15) is 22.5 Å². The normalized spacial score (nSPS) is 11.4. The van der Waals surface area contributed by atoms with Crippen LogP contribution in [0.2, 0.25) is 0 Å². The fourth-order valence-electron chi connectivity index (χ4n) is 2.25. The molecule has 2 aromatic carbocycles. The monoisotopic (exact) mass is 873 g/mol. The van der Waals surface area contributed by atoms with Crippen LogP contribution in [0, 0.1) is 3.80 Å². The van der Waals surface area contributed by atoms with Gasteiger partial charge in [-0.3, -0.25) is 0 Å². The van der Waals surface area contributed by atoms with E-state index < -0.39 is 11.7 Å². The van der Waals surface area contributed by atoms with E-state index in [-0.39, 0.29) is 0 Å². The van der Waals surface area contributed by atoms with E-state index in [1.54, 1.807) is 4.68 Å². The first-order valence-electron chi connectivity index (χ1n) is 8.11. The molecule has 1 N–H and O–H groups in total. The summed E-state index contributed by atoms with van der Waals surface area (Å²) >= 11 is 9.98. The van der Waals surface area contributed by atoms with Gasteiger partial charge in [-0.2, -0.15) is 1.33 Å². The van der Waals surface area contributed by atoms with Crippen molar-refractivity contribution < 1.29 is 32.5 Å². The molecule has 0 unspecified atom stereocenters. The topological polar surface area (TPSA) is 36.9 Å². The molecule has 0 bridgehead atoms. The average molecular weight is 874 g/mol. The molecule has 0 saturated carbocycles. The number of benzene rings is 2. The van der Waals surface area contributed by atoms with Crippen LogP contribution in [-0.2, 0) is 45.5 Å². The second-order valence-electron chi connectivity index (χ2n) is 5.93. The number of rotatable bonds is 4. The fraction of sp³-hybridized carbons (Fsp3) is 0.222. The Labute approximate surface area is 213 Å². The molecule has 0 amide bonds. The zero-order valence-corrected chi connectivity index (χ0v) is 23.1. The van der Waals surface area contributed by atoms with Gasteiger partial charge < -0.3 is 0 Å². The molecule has 4 nitrogen and oxygen atoms in total. The Balaban J connectivity index is 0.000000234. The van der Waals surface area contributed by atoms with Crippen LogP contribution in [0.3, 0.4) is 0 Å². The number of hydrogen-bond donors (Lipinski definition) is 1. The quantitative estimate of drug-likeness (QED) is 0.244. The van der Waals surface area contributed by atoms with Crippen molar-refractivity contribution in [2.24, 2.45) is 7.05 Å². The van der Waals surface area contributed by atoms with Gasteiger partial charge in [0.2, 0.25) is 0 Å². The van der Waals surface area contributed by atoms with E-state index in [0.717, 1.165) is 38.3 Å². The number of hydrogen-bond acceptors (Lipinski definition) is 2. The molecule has 11 heteroatoms. The van der Waals surface area contributed by atoms with Crippen LogP contribution in [-0.4, -0.2) is 16.1 Å². The van der Waals surface area contributed by atoms with Crippen LogP contribution in [0.15, 0.2) is 53.0 Å². The molecule has 0 aliphatic rings. The van der Waals surface area contributed by atoms with Gasteiger partial charge >= 0.3 is 112 Å². The number of nitrogens with zero attached hydrogens (tertiary/aromatic N) is 3. The summed E-state index contributed by atoms with van der Waals surface area (Å²) in [6.45, 7) is 0.981. The third kappa shape index (κ3) is 8.92. The van der Waals surface area contributed by atoms with Crippen molar-refractivity contribution in [1.29, 1.82) is 0 Å². The van der Waals surface area contributed by atoms with Crippen molar-refractivity contribution in [2.75, 3.05) is 0 Å². The van der Waals surface area contributed by atoms with E-state index in [0.29, 0.717) is 6.42 Å². The number of H-pyrrole nitrogens is 1. The van der Waals surface area contributed by atoms with E-state index in [4.69, 9.17) is 0 Å². The van der Waals surface area contributed by atoms with Gasteiger partial charge in [-0.15, -0.1) is 0 Å². The summed E-state index contributed by atoms with van der Waals surface area (Å²) in [5, 5.41) is 3.01. The van der Waals surface area contributed by atoms with Gasteiger partial charge in [0.15, 0.2) is 0 Å². The second kappa shape index (κ2) is 11.5. The van der Waals surface area contributed by atoms with Gasteiger partial charge in [0.25, 0.3) is 0 Å². The first-order chi connectivity index (χ1) is 13.5. The van der Waals surface area contributed by atoms with Gasteiger partial charge in [-0.1, -0.05) is 28.1 Å². The molecule has 1 heterocycles. The minimum atomic E-state index is -4.29. The summed E-state index contributed by atoms with van der Waals surface area (Å²) in [5.41, 5.74) is 1.48. The molecule has 1 aromatic heterocycles. The zero-order chi connectivity index (χ0) is 21.6. The van der Waals surface area contributed by atoms with Crippen LogP contribution < -0.4 is 0 Å². The number of halogens is 6. The number of aromatic amines is 1. The molecule has 3 rings (SSSR count). The molecular weight excluding hydrogens is 858 g/mol. The molecule has 0 atom stereocenters. The van der Waals surface area contributed by atoms with Crippen molar-refractivity contribution in [2.45, 2.75) is 19.1 Å². The zero-order valence-electron chi connectivity index (χ0n) is 15.0. The molecule has 0 aliphatic heterocycles. The molecule has 3 aromatic rings. The van der Waals surface area contributed by atoms with Crippen LogP contribution in [0.4, 0.5) is 13.2 Å². The molecule has 29 heavy (non-hydrogen) atoms. The first kappa shape index (κ1) is 25.2. The standard InChI is InChI=1S/C11H10F3N3.C7H6BrI2N.Pt/c1-17-7-15-10(16-17)6-8-2-4-9(5-3-8)11(12,13)14;8-7-3-1-6(2-4-7)5-11(9)10;/h2-5H,6H2,1H3,(H,15,16);1-4H,5H2;. The molecule has 0 fully saturated rings. The summed E-state index contributed by atoms with van der Waals surface area (Å²) < 4.78 is 42.9. The predicted octanol–water partition coefficient (Wildman–Crippen LogP) is 6.39. The molecule has 0 aliphatic carbocycles. The third-order valence-corrected chi connectivity index (χ3v) is 5.87. The summed E-state index contributed by atoms with van der Waals surface area (Å²) in [6, 6.07) is 13.5. The predicted molar refractivity (Wildman–Crippen MR) is 123 cm³/mol. The van der Waals surface area contributed by atoms with Crippen molar-refractivity contribution in [3.05, 3.63) is 79.3 Å². The van der Waals surface area contributed by atoms with Crippen molar-refractivity contribution in [1.82, 2.24) is 16.1 Å². The summed E-state index contributed by atoms with van der Waals surface area (Å²) in [4.78, 5) is 4.25. The van der Waals surface area contributed by atoms with Gasteiger partial charge in [-0.05, 0) is 17.7 Å². The number of nitrogens with one attached hydrogen (secondary N) is 1. The van der Waals surface area contributed by atoms with E-state index in [1.165, 1.54) is 17.7 Å². The minimum absolute atomic E-state index is 0.481. The third-order valence-electron chi connectivity index (χ3n) is 3.64. The van der Waals surface area contributed by atoms with Crippen LogP contribution >= 0.6 is 61.7 Å². The van der Waals surface area contributed by atoms with Crippen LogP contribution in [0.25, 0.3) is 0 Å². The van der Waals surface area contributed by atoms with Crippen molar-refractivity contribution >= 4 is 61.7 Å². The van der Waals surface area contributed by atoms with E-state index >= 15 is 0 Å². The van der Waals surface area contributed by atoms with Gasteiger partial charge in [-0.25, -0.2) is 0 Å². The second-order valence-corrected chi connectivity index (χ2v) is 12.0. The Bertz CT molecular complexity index is 971. The molecule has 0 radical (unpaired) electrons. The van der Waals surface area contributed by atoms with Crippen LogP contribution in [0.5, 0.6) is 0 Å². The Hall–Kier alpha value is -0.0417. The van der Waals surface area contributed by atoms with Gasteiger partial charge in [0, 0.05) is 56.7 Å². The van der Waals surface area contributed by atoms with Crippen molar-refractivity contribution in [3.8, 4) is 0 Å². The average Bonchev–Trinajstić information content (AvgIpc) is 2.94. The summed E-state index contributed by atoms with van der Waals surface area (Å²) in [5.74, 6) is 0.724. The Morgan fingerprint density at radius 1 is 1.07 bits per heavy atom. The number of alkyl halides is 3. The van der Waals surface area contributed by atoms with Gasteiger partial charge in [0.05, 0.1) is 0 Å². The fourth-order valence-corrected chi connectivity index (χ4v) is 3.74. The Morgan fingerprint density at radius 2 is 1.62 bits per heavy atom. The van der Waals surface area contributed by atoms with E-state index in [2.05, 4.69) is 117 Å². The first-order valence-corrected chi connectivity index (χ1v) is 12.0. The van der Waals surface area contributed by atoms with E-state index in [9.17, 15) is 13.2 Å². The van der Waals surface area contributed by atoms with E-state index in [1.807, 2.05) is 7.05 Å². The Morgan fingerprint density at radius 3 is 2.07 bits per heavy atom. The molecule has 0 spiro atoms. The summed E-state index contributed by atoms with van der Waals surface area (Å²) in [6.07, 6.45) is -3.81. The molecule has 0 saturated heterocycles. The van der Waals surface area contributed by atoms with Gasteiger partial charge in [0.1, 0.15) is 0 Å². The van der Waals surface area contributed by atoms with Crippen molar-refractivity contribution in [3.63, 3.8) is 0 Å².